The van der Waals surface area contributed by atoms with E-state index in [2.05, 4.69) is 6.07 Å². The number of para-hydroxylation sites is 1. The molecule has 1 saturated carbocycles. The van der Waals surface area contributed by atoms with Crippen molar-refractivity contribution in [2.75, 3.05) is 4.90 Å². The first-order valence-corrected chi connectivity index (χ1v) is 13.1. The molecule has 1 fully saturated rings. The number of fused-ring (bicyclic) bond motifs is 5. The van der Waals surface area contributed by atoms with E-state index in [-0.39, 0.29) is 23.8 Å². The lowest BCUT2D eigenvalue weighted by Crippen LogP contribution is -2.51. The zero-order chi connectivity index (χ0) is 26.5. The van der Waals surface area contributed by atoms with Gasteiger partial charge in [0, 0.05) is 23.7 Å². The molecule has 1 aliphatic carbocycles. The highest BCUT2D eigenvalue weighted by atomic mass is 19.4. The fourth-order valence-electron chi connectivity index (χ4n) is 6.84. The Balaban J connectivity index is 1.35. The van der Waals surface area contributed by atoms with Crippen LogP contribution in [0.5, 0.6) is 11.5 Å². The first kappa shape index (κ1) is 23.7. The molecule has 0 bridgehead atoms. The van der Waals surface area contributed by atoms with Gasteiger partial charge >= 0.3 is 6.18 Å². The molecule has 4 aliphatic rings. The molecule has 198 valence electrons. The summed E-state index contributed by atoms with van der Waals surface area (Å²) in [5.41, 5.74) is 1.58. The van der Waals surface area contributed by atoms with Crippen molar-refractivity contribution in [2.24, 2.45) is 0 Å². The topological polar surface area (TPSA) is 51.9 Å². The molecule has 0 N–H and O–H groups in total. The number of nitrogens with zero attached hydrogens (tertiary/aromatic N) is 1. The molecule has 0 saturated heterocycles. The number of carbonyl (C=O) groups excluding carboxylic acids is 1. The molecule has 8 heteroatoms. The number of hydrogen-bond donors (Lipinski definition) is 0. The number of rotatable bonds is 2. The van der Waals surface area contributed by atoms with Gasteiger partial charge in [-0.3, -0.25) is 4.79 Å². The van der Waals surface area contributed by atoms with Crippen LogP contribution in [0.4, 0.5) is 18.9 Å². The largest absolute Gasteiger partial charge is 0.487 e. The molecule has 1 aromatic heterocycles. The van der Waals surface area contributed by atoms with Gasteiger partial charge in [-0.2, -0.15) is 13.2 Å². The summed E-state index contributed by atoms with van der Waals surface area (Å²) in [6, 6.07) is 13.7. The maximum Gasteiger partial charge on any atom is 0.449 e. The summed E-state index contributed by atoms with van der Waals surface area (Å²) in [5.74, 6) is 0.268. The van der Waals surface area contributed by atoms with Crippen LogP contribution in [-0.4, -0.2) is 17.1 Å². The van der Waals surface area contributed by atoms with Crippen LogP contribution < -0.4 is 14.4 Å². The lowest BCUT2D eigenvalue weighted by molar-refractivity contribution is -0.153. The first-order valence-electron chi connectivity index (χ1n) is 13.1. The standard InChI is InChI=1S/C30H28F3NO4/c1-27(2)17-29(21-14-18-10-13-28(11-5-12-28)38-23(18)15-24(21)37-27)20-6-3-4-7-22(20)34(26(29)35)16-19-8-9-25(36-19)30(31,32)33/h3-4,6-9,14-15H,5,10-13,16-17H2,1-2H3/t29-/m0/s1. The Labute approximate surface area is 218 Å². The van der Waals surface area contributed by atoms with Crippen molar-refractivity contribution in [1.29, 1.82) is 0 Å². The van der Waals surface area contributed by atoms with Crippen LogP contribution in [0.3, 0.4) is 0 Å². The number of amides is 1. The van der Waals surface area contributed by atoms with Crippen molar-refractivity contribution in [3.63, 3.8) is 0 Å². The molecule has 3 aliphatic heterocycles. The van der Waals surface area contributed by atoms with Crippen LogP contribution in [0.1, 0.15) is 74.2 Å². The van der Waals surface area contributed by atoms with Crippen LogP contribution >= 0.6 is 0 Å². The third-order valence-corrected chi connectivity index (χ3v) is 8.66. The molecule has 2 aromatic carbocycles. The molecule has 2 spiro atoms. The predicted octanol–water partition coefficient (Wildman–Crippen LogP) is 6.94. The van der Waals surface area contributed by atoms with Crippen molar-refractivity contribution in [2.45, 2.75) is 81.7 Å². The van der Waals surface area contributed by atoms with Gasteiger partial charge in [-0.25, -0.2) is 0 Å². The minimum Gasteiger partial charge on any atom is -0.487 e. The van der Waals surface area contributed by atoms with Gasteiger partial charge in [-0.1, -0.05) is 18.2 Å². The molecular weight excluding hydrogens is 495 g/mol. The fraction of sp³-hybridized carbons (Fsp3) is 0.433. The van der Waals surface area contributed by atoms with Crippen LogP contribution in [0.15, 0.2) is 52.9 Å². The van der Waals surface area contributed by atoms with E-state index in [4.69, 9.17) is 13.9 Å². The average Bonchev–Trinajstić information content (AvgIpc) is 3.40. The number of alkyl halides is 3. The Morgan fingerprint density at radius 3 is 2.45 bits per heavy atom. The first-order chi connectivity index (χ1) is 18.0. The van der Waals surface area contributed by atoms with Crippen LogP contribution in [0.2, 0.25) is 0 Å². The number of carbonyl (C=O) groups is 1. The molecule has 0 radical (unpaired) electrons. The molecule has 38 heavy (non-hydrogen) atoms. The van der Waals surface area contributed by atoms with Crippen molar-refractivity contribution in [3.05, 3.63) is 76.7 Å². The van der Waals surface area contributed by atoms with E-state index in [1.54, 1.807) is 4.90 Å². The molecule has 0 unspecified atom stereocenters. The van der Waals surface area contributed by atoms with E-state index in [9.17, 15) is 18.0 Å². The summed E-state index contributed by atoms with van der Waals surface area (Å²) < 4.78 is 57.6. The van der Waals surface area contributed by atoms with Gasteiger partial charge in [0.15, 0.2) is 0 Å². The third kappa shape index (κ3) is 3.34. The van der Waals surface area contributed by atoms with E-state index >= 15 is 0 Å². The van der Waals surface area contributed by atoms with Gasteiger partial charge in [0.25, 0.3) is 0 Å². The maximum atomic E-state index is 14.5. The van der Waals surface area contributed by atoms with Gasteiger partial charge in [-0.15, -0.1) is 0 Å². The fourth-order valence-corrected chi connectivity index (χ4v) is 6.84. The Morgan fingerprint density at radius 2 is 1.74 bits per heavy atom. The van der Waals surface area contributed by atoms with Crippen molar-refractivity contribution in [1.82, 2.24) is 0 Å². The molecule has 1 atom stereocenters. The number of halogens is 3. The van der Waals surface area contributed by atoms with Crippen LogP contribution in [0, 0.1) is 0 Å². The number of anilines is 1. The predicted molar refractivity (Wildman–Crippen MR) is 133 cm³/mol. The summed E-state index contributed by atoms with van der Waals surface area (Å²) in [4.78, 5) is 16.1. The lowest BCUT2D eigenvalue weighted by Gasteiger charge is -2.47. The van der Waals surface area contributed by atoms with E-state index < -0.39 is 23.0 Å². The SMILES string of the molecule is CC1(C)C[C@@]2(C(=O)N(Cc3ccc(C(F)(F)F)o3)c3ccccc32)c2cc3c(cc2O1)OC1(CCC1)CC3. The molecule has 5 nitrogen and oxygen atoms in total. The third-order valence-electron chi connectivity index (χ3n) is 8.66. The molecule has 3 aromatic rings. The summed E-state index contributed by atoms with van der Waals surface area (Å²) >= 11 is 0. The minimum absolute atomic E-state index is 0.0754. The highest BCUT2D eigenvalue weighted by molar-refractivity contribution is 6.11. The summed E-state index contributed by atoms with van der Waals surface area (Å²) in [5, 5.41) is 0. The zero-order valence-electron chi connectivity index (χ0n) is 21.3. The van der Waals surface area contributed by atoms with Gasteiger partial charge in [0.05, 0.1) is 6.54 Å². The van der Waals surface area contributed by atoms with Crippen LogP contribution in [0.25, 0.3) is 0 Å². The van der Waals surface area contributed by atoms with Crippen LogP contribution in [-0.2, 0) is 29.4 Å². The van der Waals surface area contributed by atoms with E-state index in [1.807, 2.05) is 44.2 Å². The van der Waals surface area contributed by atoms with E-state index in [1.165, 1.54) is 12.5 Å². The molecular formula is C30H28F3NO4. The number of furan rings is 1. The van der Waals surface area contributed by atoms with Gasteiger partial charge in [0.1, 0.15) is 33.9 Å². The van der Waals surface area contributed by atoms with Crippen molar-refractivity contribution >= 4 is 11.6 Å². The summed E-state index contributed by atoms with van der Waals surface area (Å²) in [6.45, 7) is 3.83. The zero-order valence-corrected chi connectivity index (χ0v) is 21.3. The van der Waals surface area contributed by atoms with E-state index in [0.29, 0.717) is 17.9 Å². The summed E-state index contributed by atoms with van der Waals surface area (Å²) in [6.07, 6.45) is 0.925. The Kier molecular flexibility index (Phi) is 4.72. The smallest absolute Gasteiger partial charge is 0.449 e. The molecule has 4 heterocycles. The second kappa shape index (κ2) is 7.58. The molecule has 1 amide bonds. The number of ether oxygens (including phenoxy) is 2. The number of hydrogen-bond acceptors (Lipinski definition) is 4. The van der Waals surface area contributed by atoms with Gasteiger partial charge < -0.3 is 18.8 Å². The molecule has 7 rings (SSSR count). The average molecular weight is 524 g/mol. The lowest BCUT2D eigenvalue weighted by atomic mass is 9.66. The summed E-state index contributed by atoms with van der Waals surface area (Å²) in [7, 11) is 0. The second-order valence-electron chi connectivity index (χ2n) is 11.7. The number of benzene rings is 2. The highest BCUT2D eigenvalue weighted by Crippen LogP contribution is 2.58. The Bertz CT molecular complexity index is 1470. The van der Waals surface area contributed by atoms with Gasteiger partial charge in [-0.05, 0) is 81.3 Å². The quantitative estimate of drug-likeness (QED) is 0.365. The van der Waals surface area contributed by atoms with E-state index in [0.717, 1.165) is 54.2 Å². The Hall–Kier alpha value is -3.42. The normalized spacial score (nSPS) is 24.3. The highest BCUT2D eigenvalue weighted by Gasteiger charge is 2.59. The van der Waals surface area contributed by atoms with Gasteiger partial charge in [0.2, 0.25) is 11.7 Å². The maximum absolute atomic E-state index is 14.5. The monoisotopic (exact) mass is 523 g/mol. The minimum atomic E-state index is -4.59. The number of aryl methyl sites for hydroxylation is 1. The van der Waals surface area contributed by atoms with Crippen molar-refractivity contribution < 1.29 is 31.9 Å². The van der Waals surface area contributed by atoms with Crippen molar-refractivity contribution in [3.8, 4) is 11.5 Å². The Morgan fingerprint density at radius 1 is 0.947 bits per heavy atom. The second-order valence-corrected chi connectivity index (χ2v) is 11.7.